The molecule has 1 unspecified atom stereocenters. The first kappa shape index (κ1) is 6.85. The highest BCUT2D eigenvalue weighted by Gasteiger charge is 2.17. The topological polar surface area (TPSA) is 43.8 Å². The number of nitrogens with zero attached hydrogens (tertiary/aromatic N) is 2. The molecule has 0 bridgehead atoms. The van der Waals surface area contributed by atoms with E-state index in [9.17, 15) is 0 Å². The van der Waals surface area contributed by atoms with E-state index in [2.05, 4.69) is 16.5 Å². The molecule has 2 heterocycles. The van der Waals surface area contributed by atoms with E-state index in [-0.39, 0.29) is 6.17 Å². The summed E-state index contributed by atoms with van der Waals surface area (Å²) in [7, 11) is 0. The van der Waals surface area contributed by atoms with E-state index in [1.807, 2.05) is 6.20 Å². The number of aromatic nitrogens is 2. The van der Waals surface area contributed by atoms with Gasteiger partial charge in [0.15, 0.2) is 0 Å². The van der Waals surface area contributed by atoms with Crippen molar-refractivity contribution in [2.45, 2.75) is 32.4 Å². The summed E-state index contributed by atoms with van der Waals surface area (Å²) in [6.07, 6.45) is 5.42. The van der Waals surface area contributed by atoms with Crippen molar-refractivity contribution in [2.75, 3.05) is 0 Å². The predicted molar refractivity (Wildman–Crippen MR) is 43.1 cm³/mol. The van der Waals surface area contributed by atoms with E-state index in [1.54, 1.807) is 0 Å². The molecule has 1 aliphatic heterocycles. The number of fused-ring (bicyclic) bond motifs is 1. The second-order valence-corrected chi connectivity index (χ2v) is 3.15. The molecule has 0 aliphatic carbocycles. The van der Waals surface area contributed by atoms with Gasteiger partial charge in [0.2, 0.25) is 0 Å². The van der Waals surface area contributed by atoms with Crippen LogP contribution in [0.4, 0.5) is 0 Å². The third kappa shape index (κ3) is 0.959. The van der Waals surface area contributed by atoms with Crippen LogP contribution in [0, 0.1) is 6.92 Å². The number of hydrogen-bond acceptors (Lipinski definition) is 2. The molecule has 0 aromatic carbocycles. The van der Waals surface area contributed by atoms with Gasteiger partial charge in [-0.15, -0.1) is 0 Å². The molecular formula is C8H13N3. The molecule has 1 aromatic heterocycles. The van der Waals surface area contributed by atoms with Crippen LogP contribution >= 0.6 is 0 Å². The normalized spacial score (nSPS) is 23.3. The molecule has 0 saturated carbocycles. The minimum atomic E-state index is 0.168. The first-order valence-corrected chi connectivity index (χ1v) is 4.07. The number of rotatable bonds is 0. The Morgan fingerprint density at radius 3 is 3.27 bits per heavy atom. The summed E-state index contributed by atoms with van der Waals surface area (Å²) < 4.78 is 2.14. The van der Waals surface area contributed by atoms with Gasteiger partial charge in [-0.25, -0.2) is 4.98 Å². The fraction of sp³-hybridized carbons (Fsp3) is 0.625. The fourth-order valence-corrected chi connectivity index (χ4v) is 1.73. The second-order valence-electron chi connectivity index (χ2n) is 3.15. The van der Waals surface area contributed by atoms with E-state index in [4.69, 9.17) is 5.73 Å². The van der Waals surface area contributed by atoms with Crippen LogP contribution in [0.2, 0.25) is 0 Å². The molecule has 11 heavy (non-hydrogen) atoms. The summed E-state index contributed by atoms with van der Waals surface area (Å²) in [5.74, 6) is 1.15. The standard InChI is InChI=1S/C8H13N3/c1-6-5-10-8-4-2-3-7(9)11(6)8/h5,7H,2-4,9H2,1H3. The highest BCUT2D eigenvalue weighted by molar-refractivity contribution is 5.07. The lowest BCUT2D eigenvalue weighted by molar-refractivity contribution is 0.402. The van der Waals surface area contributed by atoms with E-state index in [0.717, 1.165) is 18.7 Å². The third-order valence-electron chi connectivity index (χ3n) is 2.29. The fourth-order valence-electron chi connectivity index (χ4n) is 1.73. The number of hydrogen-bond donors (Lipinski definition) is 1. The predicted octanol–water partition coefficient (Wildman–Crippen LogP) is 0.985. The van der Waals surface area contributed by atoms with E-state index in [0.29, 0.717) is 0 Å². The van der Waals surface area contributed by atoms with E-state index in [1.165, 1.54) is 12.1 Å². The van der Waals surface area contributed by atoms with Crippen molar-refractivity contribution in [3.8, 4) is 0 Å². The quantitative estimate of drug-likeness (QED) is 0.600. The zero-order valence-electron chi connectivity index (χ0n) is 6.75. The first-order chi connectivity index (χ1) is 5.29. The third-order valence-corrected chi connectivity index (χ3v) is 2.29. The Labute approximate surface area is 66.2 Å². The van der Waals surface area contributed by atoms with Gasteiger partial charge < -0.3 is 10.3 Å². The minimum Gasteiger partial charge on any atom is -0.317 e. The van der Waals surface area contributed by atoms with Crippen LogP contribution in [0.3, 0.4) is 0 Å². The zero-order chi connectivity index (χ0) is 7.84. The van der Waals surface area contributed by atoms with Crippen molar-refractivity contribution in [3.05, 3.63) is 17.7 Å². The van der Waals surface area contributed by atoms with Gasteiger partial charge in [0, 0.05) is 18.3 Å². The molecule has 3 heteroatoms. The number of nitrogens with two attached hydrogens (primary N) is 1. The van der Waals surface area contributed by atoms with Gasteiger partial charge in [-0.3, -0.25) is 0 Å². The van der Waals surface area contributed by atoms with Crippen molar-refractivity contribution < 1.29 is 0 Å². The average Bonchev–Trinajstić information content (AvgIpc) is 2.34. The van der Waals surface area contributed by atoms with Crippen LogP contribution in [-0.4, -0.2) is 9.55 Å². The van der Waals surface area contributed by atoms with Crippen LogP contribution in [0.5, 0.6) is 0 Å². The van der Waals surface area contributed by atoms with Gasteiger partial charge in [-0.05, 0) is 19.8 Å². The maximum Gasteiger partial charge on any atom is 0.110 e. The molecule has 2 rings (SSSR count). The largest absolute Gasteiger partial charge is 0.317 e. The molecule has 3 nitrogen and oxygen atoms in total. The van der Waals surface area contributed by atoms with Crippen molar-refractivity contribution in [1.29, 1.82) is 0 Å². The minimum absolute atomic E-state index is 0.168. The molecule has 0 amide bonds. The van der Waals surface area contributed by atoms with Gasteiger partial charge in [0.1, 0.15) is 5.82 Å². The van der Waals surface area contributed by atoms with Gasteiger partial charge in [-0.1, -0.05) is 0 Å². The maximum absolute atomic E-state index is 5.91. The Bertz CT molecular complexity index is 264. The highest BCUT2D eigenvalue weighted by Crippen LogP contribution is 2.21. The summed E-state index contributed by atoms with van der Waals surface area (Å²) >= 11 is 0. The summed E-state index contributed by atoms with van der Waals surface area (Å²) in [5.41, 5.74) is 7.10. The summed E-state index contributed by atoms with van der Waals surface area (Å²) in [6.45, 7) is 2.06. The van der Waals surface area contributed by atoms with E-state index >= 15 is 0 Å². The molecule has 1 aromatic rings. The molecule has 60 valence electrons. The lowest BCUT2D eigenvalue weighted by Crippen LogP contribution is -2.25. The van der Waals surface area contributed by atoms with Gasteiger partial charge in [0.05, 0.1) is 6.17 Å². The van der Waals surface area contributed by atoms with Crippen molar-refractivity contribution in [3.63, 3.8) is 0 Å². The van der Waals surface area contributed by atoms with Crippen LogP contribution in [0.15, 0.2) is 6.20 Å². The zero-order valence-corrected chi connectivity index (χ0v) is 6.75. The van der Waals surface area contributed by atoms with Crippen LogP contribution in [0.1, 0.15) is 30.5 Å². The Morgan fingerprint density at radius 1 is 1.73 bits per heavy atom. The van der Waals surface area contributed by atoms with Crippen molar-refractivity contribution in [1.82, 2.24) is 9.55 Å². The van der Waals surface area contributed by atoms with Gasteiger partial charge in [0.25, 0.3) is 0 Å². The van der Waals surface area contributed by atoms with Crippen molar-refractivity contribution >= 4 is 0 Å². The second kappa shape index (κ2) is 2.34. The number of aryl methyl sites for hydroxylation is 2. The molecule has 1 atom stereocenters. The first-order valence-electron chi connectivity index (χ1n) is 4.07. The molecule has 0 spiro atoms. The maximum atomic E-state index is 5.91. The summed E-state index contributed by atoms with van der Waals surface area (Å²) in [5, 5.41) is 0. The number of imidazole rings is 1. The molecule has 0 saturated heterocycles. The Morgan fingerprint density at radius 2 is 2.55 bits per heavy atom. The van der Waals surface area contributed by atoms with E-state index < -0.39 is 0 Å². The average molecular weight is 151 g/mol. The molecule has 0 fully saturated rings. The molecule has 0 radical (unpaired) electrons. The van der Waals surface area contributed by atoms with Crippen LogP contribution < -0.4 is 5.73 Å². The summed E-state index contributed by atoms with van der Waals surface area (Å²) in [4.78, 5) is 4.29. The molecule has 1 aliphatic rings. The smallest absolute Gasteiger partial charge is 0.110 e. The molecule has 2 N–H and O–H groups in total. The summed E-state index contributed by atoms with van der Waals surface area (Å²) in [6, 6.07) is 0. The lowest BCUT2D eigenvalue weighted by Gasteiger charge is -2.22. The lowest BCUT2D eigenvalue weighted by atomic mass is 10.1. The van der Waals surface area contributed by atoms with Crippen LogP contribution in [-0.2, 0) is 6.42 Å². The monoisotopic (exact) mass is 151 g/mol. The Balaban J connectivity index is 2.48. The SMILES string of the molecule is Cc1cnc2n1C(N)CCC2. The Kier molecular flexibility index (Phi) is 1.46. The van der Waals surface area contributed by atoms with Crippen LogP contribution in [0.25, 0.3) is 0 Å². The van der Waals surface area contributed by atoms with Gasteiger partial charge >= 0.3 is 0 Å². The van der Waals surface area contributed by atoms with Crippen molar-refractivity contribution in [2.24, 2.45) is 5.73 Å². The van der Waals surface area contributed by atoms with Gasteiger partial charge in [-0.2, -0.15) is 0 Å². The Hall–Kier alpha value is -0.830. The molecular weight excluding hydrogens is 138 g/mol. The highest BCUT2D eigenvalue weighted by atomic mass is 15.2.